The summed E-state index contributed by atoms with van der Waals surface area (Å²) in [5.41, 5.74) is 5.72. The van der Waals surface area contributed by atoms with Crippen molar-refractivity contribution in [3.63, 3.8) is 0 Å². The molecule has 2 atom stereocenters. The van der Waals surface area contributed by atoms with E-state index in [1.807, 2.05) is 0 Å². The van der Waals surface area contributed by atoms with Crippen LogP contribution in [0.25, 0.3) is 0 Å². The van der Waals surface area contributed by atoms with Crippen LogP contribution in [-0.4, -0.2) is 66.7 Å². The number of piperazine rings is 1. The molecule has 3 aliphatic rings. The smallest absolute Gasteiger partial charge is 0.307 e. The Morgan fingerprint density at radius 2 is 1.63 bits per heavy atom. The predicted octanol–water partition coefficient (Wildman–Crippen LogP) is 3.25. The van der Waals surface area contributed by atoms with E-state index in [4.69, 9.17) is 0 Å². The molecule has 0 amide bonds. The van der Waals surface area contributed by atoms with Crippen LogP contribution in [0.1, 0.15) is 35.6 Å². The molecule has 2 fully saturated rings. The van der Waals surface area contributed by atoms with Crippen molar-refractivity contribution in [1.29, 1.82) is 0 Å². The van der Waals surface area contributed by atoms with Crippen molar-refractivity contribution in [1.82, 2.24) is 9.80 Å². The molecule has 30 heavy (non-hydrogen) atoms. The molecule has 2 aromatic rings. The van der Waals surface area contributed by atoms with Gasteiger partial charge in [0.1, 0.15) is 0 Å². The highest BCUT2D eigenvalue weighted by Gasteiger charge is 2.33. The van der Waals surface area contributed by atoms with Crippen molar-refractivity contribution >= 4 is 11.7 Å². The molecule has 0 aliphatic carbocycles. The van der Waals surface area contributed by atoms with Crippen LogP contribution in [0.4, 0.5) is 5.69 Å². The fraction of sp³-hybridized carbons (Fsp3) is 0.480. The topological polar surface area (TPSA) is 47.0 Å². The maximum atomic E-state index is 11.4. The largest absolute Gasteiger partial charge is 0.481 e. The number of carboxylic acids is 1. The monoisotopic (exact) mass is 405 g/mol. The SMILES string of the molecule is O=C(O)C1CCCN(CCN2CCN3c4ccccc4Cc4ccccc4C3C2)C1. The molecule has 1 N–H and O–H groups in total. The summed E-state index contributed by atoms with van der Waals surface area (Å²) >= 11 is 0. The van der Waals surface area contributed by atoms with Gasteiger partial charge < -0.3 is 14.9 Å². The van der Waals surface area contributed by atoms with Gasteiger partial charge in [-0.3, -0.25) is 9.69 Å². The first-order valence-corrected chi connectivity index (χ1v) is 11.3. The average Bonchev–Trinajstić information content (AvgIpc) is 2.92. The molecule has 3 heterocycles. The van der Waals surface area contributed by atoms with Crippen molar-refractivity contribution < 1.29 is 9.90 Å². The second-order valence-electron chi connectivity index (χ2n) is 8.99. The first-order valence-electron chi connectivity index (χ1n) is 11.3. The predicted molar refractivity (Wildman–Crippen MR) is 119 cm³/mol. The van der Waals surface area contributed by atoms with Gasteiger partial charge in [0, 0.05) is 45.0 Å². The number of piperidine rings is 1. The number of hydrogen-bond acceptors (Lipinski definition) is 4. The second-order valence-corrected chi connectivity index (χ2v) is 8.99. The minimum atomic E-state index is -0.637. The third-order valence-corrected chi connectivity index (χ3v) is 7.15. The van der Waals surface area contributed by atoms with Gasteiger partial charge in [0.05, 0.1) is 12.0 Å². The molecular weight excluding hydrogens is 374 g/mol. The molecular formula is C25H31N3O2. The maximum absolute atomic E-state index is 11.4. The number of benzene rings is 2. The Bertz CT molecular complexity index is 915. The molecule has 158 valence electrons. The van der Waals surface area contributed by atoms with Gasteiger partial charge in [-0.2, -0.15) is 0 Å². The number of carbonyl (C=O) groups is 1. The van der Waals surface area contributed by atoms with Gasteiger partial charge in [0.25, 0.3) is 0 Å². The van der Waals surface area contributed by atoms with Gasteiger partial charge in [0.2, 0.25) is 0 Å². The van der Waals surface area contributed by atoms with E-state index in [1.54, 1.807) is 0 Å². The maximum Gasteiger partial charge on any atom is 0.307 e. The van der Waals surface area contributed by atoms with Crippen molar-refractivity contribution in [2.75, 3.05) is 50.7 Å². The fourth-order valence-corrected chi connectivity index (χ4v) is 5.51. The number of rotatable bonds is 4. The lowest BCUT2D eigenvalue weighted by Crippen LogP contribution is -2.51. The minimum Gasteiger partial charge on any atom is -0.481 e. The molecule has 0 radical (unpaired) electrons. The minimum absolute atomic E-state index is 0.194. The Morgan fingerprint density at radius 3 is 2.47 bits per heavy atom. The van der Waals surface area contributed by atoms with Crippen LogP contribution in [-0.2, 0) is 11.2 Å². The lowest BCUT2D eigenvalue weighted by atomic mass is 9.96. The van der Waals surface area contributed by atoms with E-state index >= 15 is 0 Å². The van der Waals surface area contributed by atoms with E-state index in [0.29, 0.717) is 12.6 Å². The molecule has 0 saturated carbocycles. The summed E-state index contributed by atoms with van der Waals surface area (Å²) in [6.45, 7) is 6.84. The molecule has 2 saturated heterocycles. The van der Waals surface area contributed by atoms with Crippen molar-refractivity contribution in [3.8, 4) is 0 Å². The summed E-state index contributed by atoms with van der Waals surface area (Å²) in [4.78, 5) is 18.9. The molecule has 0 bridgehead atoms. The van der Waals surface area contributed by atoms with E-state index < -0.39 is 5.97 Å². The lowest BCUT2D eigenvalue weighted by Gasteiger charge is -2.43. The van der Waals surface area contributed by atoms with Crippen LogP contribution < -0.4 is 4.90 Å². The molecule has 5 rings (SSSR count). The number of para-hydroxylation sites is 1. The summed E-state index contributed by atoms with van der Waals surface area (Å²) in [7, 11) is 0. The Balaban J connectivity index is 1.31. The number of carboxylic acid groups (broad SMARTS) is 1. The number of fused-ring (bicyclic) bond motifs is 5. The number of hydrogen-bond donors (Lipinski definition) is 1. The van der Waals surface area contributed by atoms with Crippen molar-refractivity contribution in [2.24, 2.45) is 5.92 Å². The van der Waals surface area contributed by atoms with Gasteiger partial charge >= 0.3 is 5.97 Å². The molecule has 2 aromatic carbocycles. The number of anilines is 1. The van der Waals surface area contributed by atoms with Gasteiger partial charge in [-0.1, -0.05) is 42.5 Å². The Labute approximate surface area is 178 Å². The van der Waals surface area contributed by atoms with Crippen LogP contribution >= 0.6 is 0 Å². The summed E-state index contributed by atoms with van der Waals surface area (Å²) in [6.07, 6.45) is 2.82. The summed E-state index contributed by atoms with van der Waals surface area (Å²) in [6, 6.07) is 18.2. The van der Waals surface area contributed by atoms with Gasteiger partial charge in [0.15, 0.2) is 0 Å². The van der Waals surface area contributed by atoms with Gasteiger partial charge in [-0.25, -0.2) is 0 Å². The summed E-state index contributed by atoms with van der Waals surface area (Å²) in [5.74, 6) is -0.831. The second kappa shape index (κ2) is 8.40. The zero-order valence-corrected chi connectivity index (χ0v) is 17.5. The number of aliphatic carboxylic acids is 1. The Hall–Kier alpha value is -2.37. The molecule has 0 aromatic heterocycles. The molecule has 2 unspecified atom stereocenters. The quantitative estimate of drug-likeness (QED) is 0.846. The highest BCUT2D eigenvalue weighted by molar-refractivity contribution is 5.70. The molecule has 0 spiro atoms. The Kier molecular flexibility index (Phi) is 5.48. The van der Waals surface area contributed by atoms with Gasteiger partial charge in [-0.15, -0.1) is 0 Å². The van der Waals surface area contributed by atoms with E-state index in [0.717, 1.165) is 58.5 Å². The fourth-order valence-electron chi connectivity index (χ4n) is 5.51. The Morgan fingerprint density at radius 1 is 0.900 bits per heavy atom. The van der Waals surface area contributed by atoms with Crippen molar-refractivity contribution in [2.45, 2.75) is 25.3 Å². The average molecular weight is 406 g/mol. The number of nitrogens with zero attached hydrogens (tertiary/aromatic N) is 3. The summed E-state index contributed by atoms with van der Waals surface area (Å²) in [5, 5.41) is 9.36. The third-order valence-electron chi connectivity index (χ3n) is 7.15. The molecule has 5 nitrogen and oxygen atoms in total. The van der Waals surface area contributed by atoms with Crippen LogP contribution in [0.3, 0.4) is 0 Å². The van der Waals surface area contributed by atoms with E-state index in [9.17, 15) is 9.90 Å². The van der Waals surface area contributed by atoms with Crippen LogP contribution in [0.15, 0.2) is 48.5 Å². The highest BCUT2D eigenvalue weighted by atomic mass is 16.4. The van der Waals surface area contributed by atoms with Crippen LogP contribution in [0, 0.1) is 5.92 Å². The summed E-state index contributed by atoms with van der Waals surface area (Å²) < 4.78 is 0. The highest BCUT2D eigenvalue weighted by Crippen LogP contribution is 2.39. The lowest BCUT2D eigenvalue weighted by molar-refractivity contribution is -0.143. The first-order chi connectivity index (χ1) is 14.7. The van der Waals surface area contributed by atoms with Crippen LogP contribution in [0.2, 0.25) is 0 Å². The zero-order chi connectivity index (χ0) is 20.5. The third kappa shape index (κ3) is 3.84. The van der Waals surface area contributed by atoms with Crippen molar-refractivity contribution in [3.05, 3.63) is 65.2 Å². The van der Waals surface area contributed by atoms with Crippen LogP contribution in [0.5, 0.6) is 0 Å². The first kappa shape index (κ1) is 19.6. The number of likely N-dealkylation sites (tertiary alicyclic amines) is 1. The van der Waals surface area contributed by atoms with E-state index in [1.165, 1.54) is 22.4 Å². The normalized spacial score (nSPS) is 24.5. The van der Waals surface area contributed by atoms with E-state index in [-0.39, 0.29) is 5.92 Å². The molecule has 5 heteroatoms. The molecule has 3 aliphatic heterocycles. The zero-order valence-electron chi connectivity index (χ0n) is 17.5. The van der Waals surface area contributed by atoms with E-state index in [2.05, 4.69) is 63.2 Å². The standard InChI is InChI=1S/C25H31N3O2/c29-25(30)21-8-5-11-26(17-21)12-13-27-14-15-28-23-10-4-2-7-20(23)16-19-6-1-3-9-22(19)24(28)18-27/h1-4,6-7,9-10,21,24H,5,8,11-18H2,(H,29,30). The van der Waals surface area contributed by atoms with Gasteiger partial charge in [-0.05, 0) is 48.6 Å².